The Kier molecular flexibility index (Phi) is 5.81. The molecule has 0 aromatic heterocycles. The summed E-state index contributed by atoms with van der Waals surface area (Å²) in [6.07, 6.45) is 6.74. The molecule has 0 nitrogen and oxygen atoms in total. The van der Waals surface area contributed by atoms with Crippen LogP contribution in [0.1, 0.15) is 33.6 Å². The molecule has 0 aromatic carbocycles. The maximum Gasteiger partial charge on any atom is 0.118 e. The van der Waals surface area contributed by atoms with Crippen LogP contribution in [0.5, 0.6) is 0 Å². The van der Waals surface area contributed by atoms with Crippen molar-refractivity contribution >= 4 is 0 Å². The third-order valence-corrected chi connectivity index (χ3v) is 1.41. The maximum atomic E-state index is 12.6. The van der Waals surface area contributed by atoms with Crippen molar-refractivity contribution in [3.63, 3.8) is 0 Å². The standard InChI is InChI=1S/C10H17F/c1-4-6-10(11)8-5-7-9(2)3/h4,6,8-9H,5,7H2,1-3H3/b6-4-,10-8+. The lowest BCUT2D eigenvalue weighted by Crippen LogP contribution is -1.84. The van der Waals surface area contributed by atoms with E-state index in [4.69, 9.17) is 0 Å². The Hall–Kier alpha value is -0.590. The molecule has 0 aliphatic carbocycles. The summed E-state index contributed by atoms with van der Waals surface area (Å²) in [6.45, 7) is 6.10. The molecule has 0 unspecified atom stereocenters. The highest BCUT2D eigenvalue weighted by Crippen LogP contribution is 2.07. The summed E-state index contributed by atoms with van der Waals surface area (Å²) in [6, 6.07) is 0. The van der Waals surface area contributed by atoms with Gasteiger partial charge in [0.2, 0.25) is 0 Å². The van der Waals surface area contributed by atoms with E-state index >= 15 is 0 Å². The van der Waals surface area contributed by atoms with Crippen molar-refractivity contribution in [3.05, 3.63) is 24.1 Å². The summed E-state index contributed by atoms with van der Waals surface area (Å²) in [5, 5.41) is 0. The summed E-state index contributed by atoms with van der Waals surface area (Å²) in [5.74, 6) is 0.540. The van der Waals surface area contributed by atoms with Gasteiger partial charge in [-0.3, -0.25) is 0 Å². The van der Waals surface area contributed by atoms with Gasteiger partial charge >= 0.3 is 0 Å². The molecule has 0 saturated carbocycles. The molecule has 0 heterocycles. The average molecular weight is 156 g/mol. The van der Waals surface area contributed by atoms with Crippen molar-refractivity contribution < 1.29 is 4.39 Å². The van der Waals surface area contributed by atoms with E-state index in [2.05, 4.69) is 13.8 Å². The number of hydrogen-bond acceptors (Lipinski definition) is 0. The van der Waals surface area contributed by atoms with Gasteiger partial charge in [-0.05, 0) is 37.8 Å². The van der Waals surface area contributed by atoms with Crippen LogP contribution in [0.25, 0.3) is 0 Å². The fraction of sp³-hybridized carbons (Fsp3) is 0.600. The Morgan fingerprint density at radius 1 is 1.45 bits per heavy atom. The van der Waals surface area contributed by atoms with Crippen molar-refractivity contribution in [1.29, 1.82) is 0 Å². The summed E-state index contributed by atoms with van der Waals surface area (Å²) in [5.41, 5.74) is 0. The highest BCUT2D eigenvalue weighted by Gasteiger charge is 1.91. The van der Waals surface area contributed by atoms with Crippen LogP contribution in [0, 0.1) is 5.92 Å². The average Bonchev–Trinajstić information content (AvgIpc) is 1.87. The van der Waals surface area contributed by atoms with Crippen LogP contribution in [0.15, 0.2) is 24.1 Å². The Morgan fingerprint density at radius 3 is 2.55 bits per heavy atom. The van der Waals surface area contributed by atoms with Crippen LogP contribution >= 0.6 is 0 Å². The van der Waals surface area contributed by atoms with Crippen LogP contribution < -0.4 is 0 Å². The number of hydrogen-bond donors (Lipinski definition) is 0. The van der Waals surface area contributed by atoms with Crippen molar-refractivity contribution in [3.8, 4) is 0 Å². The molecule has 0 bridgehead atoms. The van der Waals surface area contributed by atoms with Crippen molar-refractivity contribution in [2.24, 2.45) is 5.92 Å². The topological polar surface area (TPSA) is 0 Å². The minimum absolute atomic E-state index is 0.117. The zero-order valence-corrected chi connectivity index (χ0v) is 7.60. The first kappa shape index (κ1) is 10.4. The van der Waals surface area contributed by atoms with Gasteiger partial charge in [0.15, 0.2) is 0 Å². The molecule has 0 aromatic rings. The predicted molar refractivity (Wildman–Crippen MR) is 48.1 cm³/mol. The first-order chi connectivity index (χ1) is 5.16. The molecular formula is C10H17F. The van der Waals surface area contributed by atoms with Gasteiger partial charge < -0.3 is 0 Å². The third kappa shape index (κ3) is 7.31. The smallest absolute Gasteiger partial charge is 0.118 e. The minimum Gasteiger partial charge on any atom is -0.207 e. The third-order valence-electron chi connectivity index (χ3n) is 1.41. The molecule has 1 heteroatoms. The monoisotopic (exact) mass is 156 g/mol. The van der Waals surface area contributed by atoms with Gasteiger partial charge in [0.05, 0.1) is 0 Å². The van der Waals surface area contributed by atoms with Gasteiger partial charge in [-0.25, -0.2) is 4.39 Å². The maximum absolute atomic E-state index is 12.6. The summed E-state index contributed by atoms with van der Waals surface area (Å²) >= 11 is 0. The van der Waals surface area contributed by atoms with E-state index in [1.807, 2.05) is 6.92 Å². The summed E-state index contributed by atoms with van der Waals surface area (Å²) in [4.78, 5) is 0. The molecular weight excluding hydrogens is 139 g/mol. The normalized spacial score (nSPS) is 13.4. The van der Waals surface area contributed by atoms with E-state index in [1.165, 1.54) is 6.08 Å². The van der Waals surface area contributed by atoms with E-state index in [-0.39, 0.29) is 5.83 Å². The molecule has 0 radical (unpaired) electrons. The Morgan fingerprint density at radius 2 is 2.09 bits per heavy atom. The van der Waals surface area contributed by atoms with Crippen LogP contribution in [0.4, 0.5) is 4.39 Å². The number of rotatable bonds is 4. The molecule has 11 heavy (non-hydrogen) atoms. The highest BCUT2D eigenvalue weighted by molar-refractivity contribution is 5.09. The van der Waals surface area contributed by atoms with Crippen molar-refractivity contribution in [2.45, 2.75) is 33.6 Å². The van der Waals surface area contributed by atoms with Crippen molar-refractivity contribution in [2.75, 3.05) is 0 Å². The summed E-state index contributed by atoms with van der Waals surface area (Å²) < 4.78 is 12.6. The number of halogens is 1. The van der Waals surface area contributed by atoms with E-state index in [1.54, 1.807) is 12.2 Å². The predicted octanol–water partition coefficient (Wildman–Crippen LogP) is 3.85. The fourth-order valence-electron chi connectivity index (χ4n) is 0.782. The molecule has 0 atom stereocenters. The SMILES string of the molecule is C/C=C\C(F)=C/CCC(C)C. The Balaban J connectivity index is 3.56. The minimum atomic E-state index is -0.117. The zero-order valence-electron chi connectivity index (χ0n) is 7.60. The van der Waals surface area contributed by atoms with E-state index in [0.29, 0.717) is 5.92 Å². The molecule has 64 valence electrons. The summed E-state index contributed by atoms with van der Waals surface area (Å²) in [7, 11) is 0. The van der Waals surface area contributed by atoms with Crippen LogP contribution in [0.2, 0.25) is 0 Å². The molecule has 0 rings (SSSR count). The molecule has 0 spiro atoms. The lowest BCUT2D eigenvalue weighted by molar-refractivity contribution is 0.584. The van der Waals surface area contributed by atoms with Gasteiger partial charge in [-0.2, -0.15) is 0 Å². The van der Waals surface area contributed by atoms with Crippen LogP contribution in [-0.4, -0.2) is 0 Å². The van der Waals surface area contributed by atoms with E-state index < -0.39 is 0 Å². The molecule has 0 N–H and O–H groups in total. The Labute approximate surface area is 68.8 Å². The van der Waals surface area contributed by atoms with E-state index in [9.17, 15) is 4.39 Å². The van der Waals surface area contributed by atoms with E-state index in [0.717, 1.165) is 12.8 Å². The first-order valence-electron chi connectivity index (χ1n) is 4.15. The van der Waals surface area contributed by atoms with Gasteiger partial charge in [-0.15, -0.1) is 0 Å². The first-order valence-corrected chi connectivity index (χ1v) is 4.15. The second kappa shape index (κ2) is 6.14. The van der Waals surface area contributed by atoms with Gasteiger partial charge in [-0.1, -0.05) is 19.9 Å². The molecule has 0 fully saturated rings. The molecule has 0 saturated heterocycles. The number of allylic oxidation sites excluding steroid dienone is 4. The second-order valence-electron chi connectivity index (χ2n) is 3.06. The zero-order chi connectivity index (χ0) is 8.69. The van der Waals surface area contributed by atoms with Gasteiger partial charge in [0, 0.05) is 0 Å². The van der Waals surface area contributed by atoms with Crippen molar-refractivity contribution in [1.82, 2.24) is 0 Å². The molecule has 0 aliphatic rings. The molecule has 0 amide bonds. The van der Waals surface area contributed by atoms with Crippen LogP contribution in [0.3, 0.4) is 0 Å². The second-order valence-corrected chi connectivity index (χ2v) is 3.06. The lowest BCUT2D eigenvalue weighted by atomic mass is 10.1. The quantitative estimate of drug-likeness (QED) is 0.542. The fourth-order valence-corrected chi connectivity index (χ4v) is 0.782. The van der Waals surface area contributed by atoms with Gasteiger partial charge in [0.1, 0.15) is 5.83 Å². The van der Waals surface area contributed by atoms with Gasteiger partial charge in [0.25, 0.3) is 0 Å². The van der Waals surface area contributed by atoms with Crippen LogP contribution in [-0.2, 0) is 0 Å². The Bertz CT molecular complexity index is 143. The lowest BCUT2D eigenvalue weighted by Gasteiger charge is -1.98. The molecule has 0 aliphatic heterocycles. The largest absolute Gasteiger partial charge is 0.207 e. The highest BCUT2D eigenvalue weighted by atomic mass is 19.1.